The molecule has 9 nitrogen and oxygen atoms in total. The molecule has 1 aromatic carbocycles. The maximum Gasteiger partial charge on any atom is 0.219 e. The van der Waals surface area contributed by atoms with E-state index in [1.54, 1.807) is 20.2 Å². The molecule has 3 heterocycles. The molecule has 1 fully saturated rings. The summed E-state index contributed by atoms with van der Waals surface area (Å²) in [6.07, 6.45) is 1.46. The minimum atomic E-state index is -0.217. The first-order chi connectivity index (χ1) is 14.0. The molecule has 9 heteroatoms. The Balaban J connectivity index is 1.51. The SMILES string of the molecule is COC(C)c1nc(Nc2ccc(N3CCN(C(C)=O)CC3)cc2)c2[nH]ncc2n1. The lowest BCUT2D eigenvalue weighted by atomic mass is 10.2. The highest BCUT2D eigenvalue weighted by molar-refractivity contribution is 5.86. The van der Waals surface area contributed by atoms with Gasteiger partial charge in [0.05, 0.1) is 6.20 Å². The Morgan fingerprint density at radius 3 is 2.55 bits per heavy atom. The topological polar surface area (TPSA) is 99.3 Å². The fraction of sp³-hybridized carbons (Fsp3) is 0.400. The molecule has 1 saturated heterocycles. The Morgan fingerprint density at radius 2 is 1.90 bits per heavy atom. The van der Waals surface area contributed by atoms with E-state index in [0.717, 1.165) is 48.6 Å². The van der Waals surface area contributed by atoms with Crippen LogP contribution in [0, 0.1) is 0 Å². The van der Waals surface area contributed by atoms with Crippen LogP contribution in [0.5, 0.6) is 0 Å². The minimum Gasteiger partial charge on any atom is -0.374 e. The lowest BCUT2D eigenvalue weighted by Gasteiger charge is -2.35. The van der Waals surface area contributed by atoms with Gasteiger partial charge in [-0.3, -0.25) is 9.89 Å². The normalized spacial score (nSPS) is 15.6. The molecule has 1 atom stereocenters. The van der Waals surface area contributed by atoms with Gasteiger partial charge >= 0.3 is 0 Å². The van der Waals surface area contributed by atoms with E-state index in [1.807, 2.05) is 24.0 Å². The summed E-state index contributed by atoms with van der Waals surface area (Å²) in [4.78, 5) is 24.8. The number of rotatable bonds is 5. The summed E-state index contributed by atoms with van der Waals surface area (Å²) in [5, 5.41) is 10.4. The molecule has 1 aliphatic heterocycles. The smallest absolute Gasteiger partial charge is 0.219 e. The molecular formula is C20H25N7O2. The molecule has 4 rings (SSSR count). The van der Waals surface area contributed by atoms with Crippen molar-refractivity contribution in [3.63, 3.8) is 0 Å². The summed E-state index contributed by atoms with van der Waals surface area (Å²) in [5.74, 6) is 1.40. The fourth-order valence-electron chi connectivity index (χ4n) is 3.41. The fourth-order valence-corrected chi connectivity index (χ4v) is 3.41. The number of nitrogens with one attached hydrogen (secondary N) is 2. The van der Waals surface area contributed by atoms with Gasteiger partial charge in [0.25, 0.3) is 0 Å². The Bertz CT molecular complexity index is 994. The van der Waals surface area contributed by atoms with E-state index in [4.69, 9.17) is 4.74 Å². The predicted molar refractivity (Wildman–Crippen MR) is 111 cm³/mol. The van der Waals surface area contributed by atoms with Gasteiger partial charge in [0.2, 0.25) is 5.91 Å². The van der Waals surface area contributed by atoms with E-state index in [-0.39, 0.29) is 12.0 Å². The molecule has 1 amide bonds. The van der Waals surface area contributed by atoms with Crippen LogP contribution >= 0.6 is 0 Å². The number of carbonyl (C=O) groups excluding carboxylic acids is 1. The van der Waals surface area contributed by atoms with Gasteiger partial charge in [0, 0.05) is 51.6 Å². The van der Waals surface area contributed by atoms with Crippen LogP contribution < -0.4 is 10.2 Å². The number of methoxy groups -OCH3 is 1. The van der Waals surface area contributed by atoms with Crippen molar-refractivity contribution in [1.82, 2.24) is 25.1 Å². The molecule has 2 N–H and O–H groups in total. The Labute approximate surface area is 169 Å². The van der Waals surface area contributed by atoms with Crippen LogP contribution in [0.25, 0.3) is 11.0 Å². The van der Waals surface area contributed by atoms with Crippen LogP contribution in [-0.2, 0) is 9.53 Å². The first kappa shape index (κ1) is 19.1. The average molecular weight is 395 g/mol. The van der Waals surface area contributed by atoms with Crippen LogP contribution in [-0.4, -0.2) is 64.3 Å². The quantitative estimate of drug-likeness (QED) is 0.685. The van der Waals surface area contributed by atoms with Crippen LogP contribution in [0.2, 0.25) is 0 Å². The lowest BCUT2D eigenvalue weighted by molar-refractivity contribution is -0.129. The molecule has 0 bridgehead atoms. The Kier molecular flexibility index (Phi) is 5.30. The van der Waals surface area contributed by atoms with Gasteiger partial charge in [-0.05, 0) is 31.2 Å². The number of amides is 1. The largest absolute Gasteiger partial charge is 0.374 e. The summed E-state index contributed by atoms with van der Waals surface area (Å²) in [6.45, 7) is 6.73. The van der Waals surface area contributed by atoms with Crippen molar-refractivity contribution in [3.05, 3.63) is 36.3 Å². The van der Waals surface area contributed by atoms with E-state index < -0.39 is 0 Å². The number of nitrogens with zero attached hydrogens (tertiary/aromatic N) is 5. The monoisotopic (exact) mass is 395 g/mol. The van der Waals surface area contributed by atoms with Crippen molar-refractivity contribution in [2.75, 3.05) is 43.5 Å². The molecule has 0 spiro atoms. The minimum absolute atomic E-state index is 0.140. The summed E-state index contributed by atoms with van der Waals surface area (Å²) >= 11 is 0. The van der Waals surface area contributed by atoms with Gasteiger partial charge in [-0.25, -0.2) is 9.97 Å². The van der Waals surface area contributed by atoms with Crippen LogP contribution in [0.4, 0.5) is 17.2 Å². The maximum absolute atomic E-state index is 11.5. The standard InChI is InChI=1S/C20H25N7O2/c1-13(29-3)19-23-17-12-21-25-18(17)20(24-19)22-15-4-6-16(7-5-15)27-10-8-26(9-11-27)14(2)28/h4-7,12-13H,8-11H2,1-3H3,(H,21,25)(H,22,23,24). The molecule has 1 unspecified atom stereocenters. The number of aromatic amines is 1. The summed E-state index contributed by atoms with van der Waals surface area (Å²) in [7, 11) is 1.63. The van der Waals surface area contributed by atoms with E-state index >= 15 is 0 Å². The molecule has 0 radical (unpaired) electrons. The first-order valence-corrected chi connectivity index (χ1v) is 9.66. The summed E-state index contributed by atoms with van der Waals surface area (Å²) in [5.41, 5.74) is 3.55. The number of carbonyl (C=O) groups is 1. The van der Waals surface area contributed by atoms with Gasteiger partial charge in [-0.1, -0.05) is 0 Å². The third kappa shape index (κ3) is 4.00. The highest BCUT2D eigenvalue weighted by Gasteiger charge is 2.19. The Hall–Kier alpha value is -3.20. The Morgan fingerprint density at radius 1 is 1.17 bits per heavy atom. The van der Waals surface area contributed by atoms with Crippen molar-refractivity contribution in [1.29, 1.82) is 0 Å². The zero-order chi connectivity index (χ0) is 20.4. The number of hydrogen-bond acceptors (Lipinski definition) is 7. The molecule has 3 aromatic rings. The number of hydrogen-bond donors (Lipinski definition) is 2. The molecular weight excluding hydrogens is 370 g/mol. The zero-order valence-electron chi connectivity index (χ0n) is 16.8. The molecule has 0 saturated carbocycles. The van der Waals surface area contributed by atoms with Gasteiger partial charge in [0.15, 0.2) is 11.6 Å². The van der Waals surface area contributed by atoms with Crippen molar-refractivity contribution >= 4 is 34.1 Å². The molecule has 0 aliphatic carbocycles. The highest BCUT2D eigenvalue weighted by atomic mass is 16.5. The van der Waals surface area contributed by atoms with Gasteiger partial charge < -0.3 is 19.9 Å². The predicted octanol–water partition coefficient (Wildman–Crippen LogP) is 2.47. The van der Waals surface area contributed by atoms with E-state index in [9.17, 15) is 4.79 Å². The summed E-state index contributed by atoms with van der Waals surface area (Å²) in [6, 6.07) is 8.21. The van der Waals surface area contributed by atoms with Gasteiger partial charge in [-0.2, -0.15) is 5.10 Å². The third-order valence-corrected chi connectivity index (χ3v) is 5.25. The van der Waals surface area contributed by atoms with Crippen LogP contribution in [0.15, 0.2) is 30.5 Å². The highest BCUT2D eigenvalue weighted by Crippen LogP contribution is 2.26. The number of aromatic nitrogens is 4. The van der Waals surface area contributed by atoms with Crippen LogP contribution in [0.1, 0.15) is 25.8 Å². The van der Waals surface area contributed by atoms with Crippen molar-refractivity contribution < 1.29 is 9.53 Å². The number of ether oxygens (including phenoxy) is 1. The number of piperazine rings is 1. The first-order valence-electron chi connectivity index (χ1n) is 9.66. The molecule has 29 heavy (non-hydrogen) atoms. The van der Waals surface area contributed by atoms with Crippen molar-refractivity contribution in [3.8, 4) is 0 Å². The molecule has 2 aromatic heterocycles. The number of H-pyrrole nitrogens is 1. The lowest BCUT2D eigenvalue weighted by Crippen LogP contribution is -2.48. The van der Waals surface area contributed by atoms with Gasteiger partial charge in [0.1, 0.15) is 17.1 Å². The molecule has 152 valence electrons. The summed E-state index contributed by atoms with van der Waals surface area (Å²) < 4.78 is 5.36. The number of benzene rings is 1. The number of fused-ring (bicyclic) bond motifs is 1. The van der Waals surface area contributed by atoms with Crippen LogP contribution in [0.3, 0.4) is 0 Å². The van der Waals surface area contributed by atoms with E-state index in [1.165, 1.54) is 0 Å². The van der Waals surface area contributed by atoms with E-state index in [0.29, 0.717) is 11.6 Å². The van der Waals surface area contributed by atoms with Gasteiger partial charge in [-0.15, -0.1) is 0 Å². The molecule has 1 aliphatic rings. The maximum atomic E-state index is 11.5. The second kappa shape index (κ2) is 8.04. The van der Waals surface area contributed by atoms with Crippen molar-refractivity contribution in [2.45, 2.75) is 20.0 Å². The number of anilines is 3. The third-order valence-electron chi connectivity index (χ3n) is 5.25. The zero-order valence-corrected chi connectivity index (χ0v) is 16.8. The average Bonchev–Trinajstić information content (AvgIpc) is 3.23. The second-order valence-electron chi connectivity index (χ2n) is 7.10. The van der Waals surface area contributed by atoms with Crippen molar-refractivity contribution in [2.24, 2.45) is 0 Å². The van der Waals surface area contributed by atoms with E-state index in [2.05, 4.69) is 42.5 Å². The second-order valence-corrected chi connectivity index (χ2v) is 7.10.